The van der Waals surface area contributed by atoms with E-state index in [-0.39, 0.29) is 0 Å². The molecule has 0 saturated heterocycles. The van der Waals surface area contributed by atoms with Crippen LogP contribution >= 0.6 is 11.3 Å². The monoisotopic (exact) mass is 272 g/mol. The number of thiophene rings is 1. The number of nitrogens with zero attached hydrogens (tertiary/aromatic N) is 3. The fourth-order valence-corrected chi connectivity index (χ4v) is 3.03. The first kappa shape index (κ1) is 12.3. The number of aromatic nitrogens is 3. The van der Waals surface area contributed by atoms with E-state index in [0.717, 1.165) is 25.3 Å². The Labute approximate surface area is 116 Å². The Kier molecular flexibility index (Phi) is 3.57. The molecule has 3 rings (SSSR count). The fraction of sp³-hybridized carbons (Fsp3) is 0.286. The van der Waals surface area contributed by atoms with Crippen LogP contribution < -0.4 is 5.32 Å². The molecule has 1 N–H and O–H groups in total. The lowest BCUT2D eigenvalue weighted by molar-refractivity contribution is 0.651. The van der Waals surface area contributed by atoms with E-state index in [0.29, 0.717) is 0 Å². The van der Waals surface area contributed by atoms with Gasteiger partial charge in [-0.3, -0.25) is 0 Å². The molecule has 4 nitrogen and oxygen atoms in total. The fourth-order valence-electron chi connectivity index (χ4n) is 2.08. The van der Waals surface area contributed by atoms with Gasteiger partial charge in [-0.2, -0.15) is 0 Å². The third-order valence-electron chi connectivity index (χ3n) is 3.04. The molecule has 2 heterocycles. The van der Waals surface area contributed by atoms with Crippen molar-refractivity contribution in [2.75, 3.05) is 6.54 Å². The van der Waals surface area contributed by atoms with Gasteiger partial charge in [0.1, 0.15) is 0 Å². The highest BCUT2D eigenvalue weighted by atomic mass is 32.1. The quantitative estimate of drug-likeness (QED) is 0.776. The van der Waals surface area contributed by atoms with Gasteiger partial charge in [-0.15, -0.1) is 16.4 Å². The van der Waals surface area contributed by atoms with Gasteiger partial charge in [0.25, 0.3) is 0 Å². The zero-order chi connectivity index (χ0) is 13.1. The molecular weight excluding hydrogens is 256 g/mol. The maximum absolute atomic E-state index is 4.18. The Hall–Kier alpha value is -1.72. The average Bonchev–Trinajstić information content (AvgIpc) is 3.05. The minimum absolute atomic E-state index is 0.779. The molecule has 19 heavy (non-hydrogen) atoms. The maximum Gasteiger partial charge on any atom is 0.0964 e. The topological polar surface area (TPSA) is 42.7 Å². The van der Waals surface area contributed by atoms with Crippen molar-refractivity contribution in [1.29, 1.82) is 0 Å². The van der Waals surface area contributed by atoms with E-state index in [4.69, 9.17) is 0 Å². The summed E-state index contributed by atoms with van der Waals surface area (Å²) in [5.74, 6) is 0. The molecule has 0 aliphatic heterocycles. The Morgan fingerprint density at radius 2 is 2.21 bits per heavy atom. The van der Waals surface area contributed by atoms with Crippen molar-refractivity contribution < 1.29 is 0 Å². The number of benzene rings is 1. The third kappa shape index (κ3) is 2.67. The summed E-state index contributed by atoms with van der Waals surface area (Å²) in [5.41, 5.74) is 2.29. The minimum Gasteiger partial charge on any atom is -0.311 e. The standard InChI is InChI=1S/C14H16N4S/c1-2-15-7-12-9-18(17-16-12)8-11-10-19-14-6-4-3-5-13(11)14/h3-6,9-10,15H,2,7-8H2,1H3. The van der Waals surface area contributed by atoms with Crippen LogP contribution in [0.15, 0.2) is 35.8 Å². The summed E-state index contributed by atoms with van der Waals surface area (Å²) in [7, 11) is 0. The maximum atomic E-state index is 4.18. The number of nitrogens with one attached hydrogen (secondary N) is 1. The minimum atomic E-state index is 0.779. The van der Waals surface area contributed by atoms with Crippen LogP contribution in [0.4, 0.5) is 0 Å². The van der Waals surface area contributed by atoms with Crippen LogP contribution in [0.5, 0.6) is 0 Å². The molecule has 0 amide bonds. The molecule has 98 valence electrons. The van der Waals surface area contributed by atoms with Crippen LogP contribution in [0.25, 0.3) is 10.1 Å². The van der Waals surface area contributed by atoms with Gasteiger partial charge in [0.15, 0.2) is 0 Å². The molecule has 0 saturated carbocycles. The van der Waals surface area contributed by atoms with Gasteiger partial charge >= 0.3 is 0 Å². The predicted octanol–water partition coefficient (Wildman–Crippen LogP) is 2.65. The highest BCUT2D eigenvalue weighted by molar-refractivity contribution is 7.17. The molecule has 0 fully saturated rings. The Balaban J connectivity index is 1.79. The molecule has 0 aliphatic carbocycles. The van der Waals surface area contributed by atoms with Crippen molar-refractivity contribution in [3.8, 4) is 0 Å². The average molecular weight is 272 g/mol. The molecule has 0 aliphatic rings. The highest BCUT2D eigenvalue weighted by Gasteiger charge is 2.06. The molecular formula is C14H16N4S. The first-order valence-corrected chi connectivity index (χ1v) is 7.29. The van der Waals surface area contributed by atoms with E-state index < -0.39 is 0 Å². The predicted molar refractivity (Wildman–Crippen MR) is 78.3 cm³/mol. The first-order chi connectivity index (χ1) is 9.36. The van der Waals surface area contributed by atoms with Crippen LogP contribution in [-0.2, 0) is 13.1 Å². The van der Waals surface area contributed by atoms with Crippen molar-refractivity contribution in [3.63, 3.8) is 0 Å². The van der Waals surface area contributed by atoms with E-state index in [2.05, 4.69) is 52.2 Å². The summed E-state index contributed by atoms with van der Waals surface area (Å²) in [6.45, 7) is 4.59. The summed E-state index contributed by atoms with van der Waals surface area (Å²) < 4.78 is 3.23. The molecule has 0 atom stereocenters. The van der Waals surface area contributed by atoms with E-state index in [1.165, 1.54) is 15.6 Å². The second-order valence-electron chi connectivity index (χ2n) is 4.44. The zero-order valence-electron chi connectivity index (χ0n) is 10.8. The second-order valence-corrected chi connectivity index (χ2v) is 5.36. The van der Waals surface area contributed by atoms with Crippen molar-refractivity contribution >= 4 is 21.4 Å². The summed E-state index contributed by atoms with van der Waals surface area (Å²) in [5, 5.41) is 15.1. The van der Waals surface area contributed by atoms with E-state index in [9.17, 15) is 0 Å². The van der Waals surface area contributed by atoms with E-state index >= 15 is 0 Å². The summed E-state index contributed by atoms with van der Waals surface area (Å²) in [4.78, 5) is 0. The third-order valence-corrected chi connectivity index (χ3v) is 4.05. The Bertz CT molecular complexity index is 671. The van der Waals surface area contributed by atoms with Crippen LogP contribution in [0, 0.1) is 0 Å². The SMILES string of the molecule is CCNCc1cn(Cc2csc3ccccc23)nn1. The Morgan fingerprint density at radius 1 is 1.32 bits per heavy atom. The van der Waals surface area contributed by atoms with Crippen molar-refractivity contribution in [1.82, 2.24) is 20.3 Å². The number of hydrogen-bond donors (Lipinski definition) is 1. The lowest BCUT2D eigenvalue weighted by Gasteiger charge is -1.99. The van der Waals surface area contributed by atoms with E-state index in [1.807, 2.05) is 10.9 Å². The highest BCUT2D eigenvalue weighted by Crippen LogP contribution is 2.25. The van der Waals surface area contributed by atoms with E-state index in [1.54, 1.807) is 11.3 Å². The van der Waals surface area contributed by atoms with Gasteiger partial charge in [-0.05, 0) is 28.9 Å². The van der Waals surface area contributed by atoms with Gasteiger partial charge in [-0.25, -0.2) is 4.68 Å². The molecule has 0 radical (unpaired) electrons. The zero-order valence-corrected chi connectivity index (χ0v) is 11.7. The van der Waals surface area contributed by atoms with Crippen LogP contribution in [0.2, 0.25) is 0 Å². The number of fused-ring (bicyclic) bond motifs is 1. The smallest absolute Gasteiger partial charge is 0.0964 e. The van der Waals surface area contributed by atoms with Crippen molar-refractivity contribution in [2.45, 2.75) is 20.0 Å². The lowest BCUT2D eigenvalue weighted by Crippen LogP contribution is -2.11. The summed E-state index contributed by atoms with van der Waals surface area (Å²) >= 11 is 1.78. The normalized spacial score (nSPS) is 11.2. The molecule has 0 bridgehead atoms. The lowest BCUT2D eigenvalue weighted by atomic mass is 10.2. The van der Waals surface area contributed by atoms with Gasteiger partial charge in [0.05, 0.1) is 18.4 Å². The molecule has 0 unspecified atom stereocenters. The van der Waals surface area contributed by atoms with Crippen LogP contribution in [0.1, 0.15) is 18.2 Å². The Morgan fingerprint density at radius 3 is 3.11 bits per heavy atom. The first-order valence-electron chi connectivity index (χ1n) is 6.41. The number of hydrogen-bond acceptors (Lipinski definition) is 4. The van der Waals surface area contributed by atoms with Crippen LogP contribution in [0.3, 0.4) is 0 Å². The van der Waals surface area contributed by atoms with Crippen molar-refractivity contribution in [2.24, 2.45) is 0 Å². The molecule has 5 heteroatoms. The summed E-state index contributed by atoms with van der Waals surface area (Å²) in [6, 6.07) is 8.47. The summed E-state index contributed by atoms with van der Waals surface area (Å²) in [6.07, 6.45) is 2.01. The molecule has 3 aromatic rings. The number of rotatable bonds is 5. The second kappa shape index (κ2) is 5.50. The molecule has 1 aromatic carbocycles. The van der Waals surface area contributed by atoms with Gasteiger partial charge < -0.3 is 5.32 Å². The molecule has 2 aromatic heterocycles. The van der Waals surface area contributed by atoms with Gasteiger partial charge in [-0.1, -0.05) is 30.3 Å². The van der Waals surface area contributed by atoms with Gasteiger partial charge in [0.2, 0.25) is 0 Å². The van der Waals surface area contributed by atoms with Crippen LogP contribution in [-0.4, -0.2) is 21.5 Å². The van der Waals surface area contributed by atoms with Gasteiger partial charge in [0, 0.05) is 11.2 Å². The van der Waals surface area contributed by atoms with Crippen molar-refractivity contribution in [3.05, 3.63) is 47.1 Å². The largest absolute Gasteiger partial charge is 0.311 e. The molecule has 0 spiro atoms.